The van der Waals surface area contributed by atoms with Crippen molar-refractivity contribution in [2.45, 2.75) is 13.5 Å². The first-order chi connectivity index (χ1) is 9.47. The Morgan fingerprint density at radius 2 is 2.25 bits per heavy atom. The van der Waals surface area contributed by atoms with Gasteiger partial charge in [-0.3, -0.25) is 10.1 Å². The maximum atomic E-state index is 10.7. The minimum absolute atomic E-state index is 0.0109. The molecular formula is C11H14N6O3. The zero-order chi connectivity index (χ0) is 14.7. The first-order valence-corrected chi connectivity index (χ1v) is 5.82. The molecule has 0 spiro atoms. The van der Waals surface area contributed by atoms with Crippen LogP contribution in [0.5, 0.6) is 0 Å². The Morgan fingerprint density at radius 1 is 1.50 bits per heavy atom. The lowest BCUT2D eigenvalue weighted by Gasteiger charge is -2.04. The average molecular weight is 278 g/mol. The molecule has 0 saturated carbocycles. The van der Waals surface area contributed by atoms with Gasteiger partial charge in [-0.1, -0.05) is 0 Å². The maximum Gasteiger partial charge on any atom is 0.290 e. The summed E-state index contributed by atoms with van der Waals surface area (Å²) in [6.45, 7) is 1.95. The fourth-order valence-corrected chi connectivity index (χ4v) is 1.50. The number of pyridine rings is 1. The quantitative estimate of drug-likeness (QED) is 0.644. The minimum atomic E-state index is -0.465. The number of nitrogens with zero attached hydrogens (tertiary/aromatic N) is 5. The molecule has 0 aromatic carbocycles. The summed E-state index contributed by atoms with van der Waals surface area (Å²) in [4.78, 5) is 20.1. The zero-order valence-electron chi connectivity index (χ0n) is 11.3. The predicted molar refractivity (Wildman–Crippen MR) is 71.6 cm³/mol. The number of nitro groups is 1. The molecule has 20 heavy (non-hydrogen) atoms. The van der Waals surface area contributed by atoms with Crippen LogP contribution < -0.4 is 10.2 Å². The molecule has 0 aliphatic rings. The molecule has 0 saturated heterocycles. The summed E-state index contributed by atoms with van der Waals surface area (Å²) in [5, 5.41) is 17.4. The molecule has 0 radical (unpaired) electrons. The molecule has 2 heterocycles. The monoisotopic (exact) mass is 278 g/mol. The molecule has 2 aromatic rings. The van der Waals surface area contributed by atoms with E-state index in [4.69, 9.17) is 4.52 Å². The second-order valence-electron chi connectivity index (χ2n) is 4.35. The number of rotatable bonds is 5. The molecule has 0 bridgehead atoms. The van der Waals surface area contributed by atoms with Crippen LogP contribution in [0.1, 0.15) is 11.5 Å². The Morgan fingerprint density at radius 3 is 2.80 bits per heavy atom. The van der Waals surface area contributed by atoms with E-state index in [0.717, 1.165) is 0 Å². The molecule has 0 aliphatic heterocycles. The third-order valence-electron chi connectivity index (χ3n) is 2.56. The van der Waals surface area contributed by atoms with Crippen molar-refractivity contribution in [1.82, 2.24) is 15.1 Å². The first-order valence-electron chi connectivity index (χ1n) is 5.82. The van der Waals surface area contributed by atoms with Crippen LogP contribution in [0.4, 0.5) is 17.5 Å². The van der Waals surface area contributed by atoms with Crippen LogP contribution in [0, 0.1) is 17.0 Å². The Balaban J connectivity index is 2.03. The van der Waals surface area contributed by atoms with Gasteiger partial charge in [-0.05, 0) is 18.1 Å². The van der Waals surface area contributed by atoms with Gasteiger partial charge in [0.15, 0.2) is 0 Å². The van der Waals surface area contributed by atoms with Crippen LogP contribution in [0.2, 0.25) is 0 Å². The number of hydrogen-bond acceptors (Lipinski definition) is 8. The van der Waals surface area contributed by atoms with Crippen LogP contribution >= 0.6 is 0 Å². The van der Waals surface area contributed by atoms with Gasteiger partial charge in [-0.25, -0.2) is 4.98 Å². The molecule has 0 amide bonds. The highest BCUT2D eigenvalue weighted by atomic mass is 16.6. The molecule has 1 N–H and O–H groups in total. The highest BCUT2D eigenvalue weighted by Gasteiger charge is 2.12. The van der Waals surface area contributed by atoms with E-state index in [1.54, 1.807) is 17.9 Å². The van der Waals surface area contributed by atoms with Gasteiger partial charge in [0.1, 0.15) is 12.0 Å². The van der Waals surface area contributed by atoms with Crippen molar-refractivity contribution in [3.63, 3.8) is 0 Å². The fraction of sp³-hybridized carbons (Fsp3) is 0.364. The van der Waals surface area contributed by atoms with Crippen LogP contribution in [0.3, 0.4) is 0 Å². The number of nitrogens with one attached hydrogen (secondary N) is 1. The van der Waals surface area contributed by atoms with Gasteiger partial charge in [0.05, 0.1) is 11.5 Å². The molecule has 0 atom stereocenters. The van der Waals surface area contributed by atoms with Gasteiger partial charge in [0.25, 0.3) is 11.6 Å². The van der Waals surface area contributed by atoms with Gasteiger partial charge in [-0.15, -0.1) is 0 Å². The molecule has 9 heteroatoms. The summed E-state index contributed by atoms with van der Waals surface area (Å²) < 4.78 is 5.04. The highest BCUT2D eigenvalue weighted by molar-refractivity contribution is 5.46. The smallest absolute Gasteiger partial charge is 0.290 e. The van der Waals surface area contributed by atoms with Crippen LogP contribution in [0.15, 0.2) is 16.8 Å². The second-order valence-corrected chi connectivity index (χ2v) is 4.35. The number of hydrogen-bond donors (Lipinski definition) is 1. The van der Waals surface area contributed by atoms with Crippen LogP contribution in [0.25, 0.3) is 0 Å². The third-order valence-corrected chi connectivity index (χ3v) is 2.56. The third kappa shape index (κ3) is 2.99. The van der Waals surface area contributed by atoms with Gasteiger partial charge in [-0.2, -0.15) is 4.98 Å². The fourth-order valence-electron chi connectivity index (χ4n) is 1.50. The summed E-state index contributed by atoms with van der Waals surface area (Å²) in [7, 11) is 3.62. The van der Waals surface area contributed by atoms with Gasteiger partial charge in [0, 0.05) is 19.7 Å². The van der Waals surface area contributed by atoms with Crippen molar-refractivity contribution in [2.24, 2.45) is 0 Å². The normalized spacial score (nSPS) is 10.3. The van der Waals surface area contributed by atoms with E-state index in [2.05, 4.69) is 20.4 Å². The molecule has 106 valence electrons. The molecule has 0 fully saturated rings. The zero-order valence-corrected chi connectivity index (χ0v) is 11.3. The van der Waals surface area contributed by atoms with Crippen molar-refractivity contribution in [3.05, 3.63) is 33.8 Å². The lowest BCUT2D eigenvalue weighted by molar-refractivity contribution is -0.385. The van der Waals surface area contributed by atoms with Crippen molar-refractivity contribution in [1.29, 1.82) is 0 Å². The van der Waals surface area contributed by atoms with E-state index in [0.29, 0.717) is 29.8 Å². The SMILES string of the molecule is Cc1cc(NCc2nc(N(C)C)no2)ncc1[N+](=O)[O-]. The van der Waals surface area contributed by atoms with Crippen LogP contribution in [-0.2, 0) is 6.54 Å². The first kappa shape index (κ1) is 13.7. The lowest BCUT2D eigenvalue weighted by Crippen LogP contribution is -2.10. The van der Waals surface area contributed by atoms with E-state index in [1.807, 2.05) is 14.1 Å². The molecule has 0 aliphatic carbocycles. The predicted octanol–water partition coefficient (Wildman–Crippen LogP) is 1.36. The van der Waals surface area contributed by atoms with E-state index in [-0.39, 0.29) is 5.69 Å². The molecular weight excluding hydrogens is 264 g/mol. The Labute approximate surface area is 114 Å². The van der Waals surface area contributed by atoms with Crippen molar-refractivity contribution in [2.75, 3.05) is 24.3 Å². The molecule has 0 unspecified atom stereocenters. The number of aromatic nitrogens is 3. The second kappa shape index (κ2) is 5.51. The average Bonchev–Trinajstić information content (AvgIpc) is 2.85. The Hall–Kier alpha value is -2.71. The van der Waals surface area contributed by atoms with E-state index in [1.165, 1.54) is 6.20 Å². The maximum absolute atomic E-state index is 10.7. The molecule has 2 rings (SSSR count). The summed E-state index contributed by atoms with van der Waals surface area (Å²) >= 11 is 0. The van der Waals surface area contributed by atoms with Crippen molar-refractivity contribution in [3.8, 4) is 0 Å². The lowest BCUT2D eigenvalue weighted by atomic mass is 10.2. The standard InChI is InChI=1S/C11H14N6O3/c1-7-4-9(12-5-8(7)17(18)19)13-6-10-14-11(15-20-10)16(2)3/h4-5H,6H2,1-3H3,(H,12,13). The van der Waals surface area contributed by atoms with E-state index < -0.39 is 4.92 Å². The number of anilines is 2. The Kier molecular flexibility index (Phi) is 3.78. The topological polar surface area (TPSA) is 110 Å². The molecule has 2 aromatic heterocycles. The van der Waals surface area contributed by atoms with Crippen LogP contribution in [-0.4, -0.2) is 34.1 Å². The Bertz CT molecular complexity index is 624. The summed E-state index contributed by atoms with van der Waals surface area (Å²) in [5.41, 5.74) is 0.523. The minimum Gasteiger partial charge on any atom is -0.361 e. The van der Waals surface area contributed by atoms with E-state index in [9.17, 15) is 10.1 Å². The summed E-state index contributed by atoms with van der Waals surface area (Å²) in [6, 6.07) is 1.60. The number of aryl methyl sites for hydroxylation is 1. The van der Waals surface area contributed by atoms with Gasteiger partial charge in [0.2, 0.25) is 5.89 Å². The van der Waals surface area contributed by atoms with Crippen molar-refractivity contribution >= 4 is 17.5 Å². The highest BCUT2D eigenvalue weighted by Crippen LogP contribution is 2.19. The summed E-state index contributed by atoms with van der Waals surface area (Å²) in [6.07, 6.45) is 1.22. The molecule has 9 nitrogen and oxygen atoms in total. The summed E-state index contributed by atoms with van der Waals surface area (Å²) in [5.74, 6) is 1.40. The van der Waals surface area contributed by atoms with Crippen molar-refractivity contribution < 1.29 is 9.45 Å². The largest absolute Gasteiger partial charge is 0.361 e. The van der Waals surface area contributed by atoms with Gasteiger partial charge < -0.3 is 14.7 Å². The van der Waals surface area contributed by atoms with E-state index >= 15 is 0 Å². The van der Waals surface area contributed by atoms with Gasteiger partial charge >= 0.3 is 0 Å².